The van der Waals surface area contributed by atoms with Gasteiger partial charge in [0.2, 0.25) is 0 Å². The van der Waals surface area contributed by atoms with E-state index in [1.807, 2.05) is 0 Å². The molecule has 0 radical (unpaired) electrons. The predicted octanol–water partition coefficient (Wildman–Crippen LogP) is -0.272. The van der Waals surface area contributed by atoms with Crippen LogP contribution in [0.1, 0.15) is 13.3 Å². The maximum absolute atomic E-state index is 10.4. The first kappa shape index (κ1) is 11.1. The van der Waals surface area contributed by atoms with Crippen molar-refractivity contribution in [2.24, 2.45) is 5.92 Å². The maximum atomic E-state index is 10.4. The van der Waals surface area contributed by atoms with E-state index >= 15 is 0 Å². The highest BCUT2D eigenvalue weighted by Crippen LogP contribution is 2.04. The van der Waals surface area contributed by atoms with Crippen molar-refractivity contribution in [2.75, 3.05) is 5.75 Å². The Morgan fingerprint density at radius 2 is 2.08 bits per heavy atom. The number of carboxylic acids is 1. The van der Waals surface area contributed by atoms with Crippen molar-refractivity contribution in [1.29, 1.82) is 5.41 Å². The summed E-state index contributed by atoms with van der Waals surface area (Å²) in [6.07, 6.45) is 0.247. The molecule has 0 spiro atoms. The maximum Gasteiger partial charge on any atom is 0.312 e. The van der Waals surface area contributed by atoms with Crippen LogP contribution >= 0.6 is 0 Å². The van der Waals surface area contributed by atoms with Crippen molar-refractivity contribution >= 4 is 22.4 Å². The summed E-state index contributed by atoms with van der Waals surface area (Å²) in [6.45, 7) is 1.60. The second kappa shape index (κ2) is 4.87. The van der Waals surface area contributed by atoms with Gasteiger partial charge in [0.1, 0.15) is 10.7 Å². The van der Waals surface area contributed by atoms with Gasteiger partial charge in [-0.3, -0.25) is 4.79 Å². The zero-order valence-corrected chi connectivity index (χ0v) is 7.51. The molecule has 0 rings (SSSR count). The molecule has 1 atom stereocenters. The molecule has 0 aliphatic carbocycles. The van der Waals surface area contributed by atoms with Gasteiger partial charge in [-0.15, -0.1) is 0 Å². The lowest BCUT2D eigenvalue weighted by atomic mass is 10.0. The Balaban J connectivity index is 4.32. The predicted molar refractivity (Wildman–Crippen MR) is 44.3 cm³/mol. The molecule has 70 valence electrons. The molecule has 0 aliphatic rings. The Morgan fingerprint density at radius 3 is 2.33 bits per heavy atom. The van der Waals surface area contributed by atoms with Crippen molar-refractivity contribution < 1.29 is 18.3 Å². The molecular formula is C6H11NO4S. The van der Waals surface area contributed by atoms with Gasteiger partial charge in [-0.2, -0.15) is 0 Å². The number of aliphatic carboxylic acids is 1. The molecule has 1 unspecified atom stereocenters. The molecule has 5 nitrogen and oxygen atoms in total. The molecule has 0 aromatic carbocycles. The largest absolute Gasteiger partial charge is 0.481 e. The standard InChI is InChI=1S/C6H11NO4S/c1-2-4(6(8)9)5(7)3-12(10)11/h4,7,12H,2-3H2,1H3,(H,8,9). The van der Waals surface area contributed by atoms with Crippen LogP contribution in [0.15, 0.2) is 0 Å². The summed E-state index contributed by atoms with van der Waals surface area (Å²) in [5.74, 6) is -2.56. The quantitative estimate of drug-likeness (QED) is 0.413. The minimum absolute atomic E-state index is 0.247. The van der Waals surface area contributed by atoms with Gasteiger partial charge in [-0.1, -0.05) is 6.92 Å². The average Bonchev–Trinajstić information content (AvgIpc) is 1.85. The van der Waals surface area contributed by atoms with Crippen molar-refractivity contribution in [2.45, 2.75) is 13.3 Å². The molecule has 0 aromatic heterocycles. The van der Waals surface area contributed by atoms with Crippen LogP contribution < -0.4 is 0 Å². The summed E-state index contributed by atoms with van der Waals surface area (Å²) >= 11 is 0. The number of carboxylic acid groups (broad SMARTS) is 1. The van der Waals surface area contributed by atoms with Crippen molar-refractivity contribution in [1.82, 2.24) is 0 Å². The molecule has 0 bridgehead atoms. The second-order valence-electron chi connectivity index (χ2n) is 2.32. The molecule has 0 amide bonds. The van der Waals surface area contributed by atoms with Crippen LogP contribution in [-0.4, -0.2) is 31.0 Å². The van der Waals surface area contributed by atoms with Crippen molar-refractivity contribution in [3.05, 3.63) is 0 Å². The van der Waals surface area contributed by atoms with E-state index in [9.17, 15) is 13.2 Å². The fraction of sp³-hybridized carbons (Fsp3) is 0.667. The number of thiol groups is 1. The highest BCUT2D eigenvalue weighted by molar-refractivity contribution is 7.73. The van der Waals surface area contributed by atoms with Crippen LogP contribution in [0.2, 0.25) is 0 Å². The van der Waals surface area contributed by atoms with Gasteiger partial charge in [-0.05, 0) is 6.42 Å². The molecule has 0 aromatic rings. The summed E-state index contributed by atoms with van der Waals surface area (Å²) in [4.78, 5) is 10.4. The summed E-state index contributed by atoms with van der Waals surface area (Å²) in [5.41, 5.74) is -0.249. The molecule has 0 saturated carbocycles. The first-order valence-corrected chi connectivity index (χ1v) is 4.77. The van der Waals surface area contributed by atoms with E-state index in [0.717, 1.165) is 0 Å². The first-order chi connectivity index (χ1) is 5.49. The zero-order chi connectivity index (χ0) is 9.72. The minimum atomic E-state index is -2.69. The lowest BCUT2D eigenvalue weighted by molar-refractivity contribution is -0.139. The smallest absolute Gasteiger partial charge is 0.312 e. The van der Waals surface area contributed by atoms with Crippen LogP contribution in [0, 0.1) is 11.3 Å². The number of hydrogen-bond donors (Lipinski definition) is 3. The van der Waals surface area contributed by atoms with Crippen LogP contribution in [0.3, 0.4) is 0 Å². The Kier molecular flexibility index (Phi) is 4.50. The van der Waals surface area contributed by atoms with Crippen LogP contribution in [0.5, 0.6) is 0 Å². The normalized spacial score (nSPS) is 12.8. The first-order valence-electron chi connectivity index (χ1n) is 3.41. The van der Waals surface area contributed by atoms with Gasteiger partial charge in [0.25, 0.3) is 0 Å². The fourth-order valence-corrected chi connectivity index (χ4v) is 1.32. The van der Waals surface area contributed by atoms with Gasteiger partial charge >= 0.3 is 5.97 Å². The van der Waals surface area contributed by atoms with E-state index in [2.05, 4.69) is 0 Å². The third-order valence-corrected chi connectivity index (χ3v) is 2.03. The Bertz CT molecular complexity index is 250. The van der Waals surface area contributed by atoms with E-state index in [0.29, 0.717) is 0 Å². The van der Waals surface area contributed by atoms with Crippen LogP contribution in [-0.2, 0) is 15.5 Å². The fourth-order valence-electron chi connectivity index (χ4n) is 0.819. The molecule has 0 saturated heterocycles. The number of carbonyl (C=O) groups is 1. The summed E-state index contributed by atoms with van der Waals surface area (Å²) in [6, 6.07) is 0. The molecular weight excluding hydrogens is 182 g/mol. The lowest BCUT2D eigenvalue weighted by Crippen LogP contribution is -2.25. The molecule has 0 fully saturated rings. The van der Waals surface area contributed by atoms with Crippen molar-refractivity contribution in [3.8, 4) is 0 Å². The van der Waals surface area contributed by atoms with E-state index in [-0.39, 0.29) is 12.1 Å². The van der Waals surface area contributed by atoms with E-state index in [1.54, 1.807) is 6.92 Å². The van der Waals surface area contributed by atoms with Crippen LogP contribution in [0.4, 0.5) is 0 Å². The monoisotopic (exact) mass is 193 g/mol. The molecule has 2 N–H and O–H groups in total. The third-order valence-electron chi connectivity index (χ3n) is 1.43. The topological polar surface area (TPSA) is 95.3 Å². The number of rotatable bonds is 5. The van der Waals surface area contributed by atoms with E-state index < -0.39 is 28.3 Å². The second-order valence-corrected chi connectivity index (χ2v) is 3.30. The van der Waals surface area contributed by atoms with Crippen LogP contribution in [0.25, 0.3) is 0 Å². The van der Waals surface area contributed by atoms with Crippen molar-refractivity contribution in [3.63, 3.8) is 0 Å². The minimum Gasteiger partial charge on any atom is -0.481 e. The summed E-state index contributed by atoms with van der Waals surface area (Å²) in [7, 11) is -2.69. The highest BCUT2D eigenvalue weighted by atomic mass is 32.2. The van der Waals surface area contributed by atoms with E-state index in [4.69, 9.17) is 10.5 Å². The summed E-state index contributed by atoms with van der Waals surface area (Å²) < 4.78 is 20.3. The van der Waals surface area contributed by atoms with Gasteiger partial charge in [-0.25, -0.2) is 8.42 Å². The lowest BCUT2D eigenvalue weighted by Gasteiger charge is -2.07. The number of nitrogens with one attached hydrogen (secondary N) is 1. The average molecular weight is 193 g/mol. The van der Waals surface area contributed by atoms with Gasteiger partial charge in [0.05, 0.1) is 11.7 Å². The van der Waals surface area contributed by atoms with Gasteiger partial charge in [0, 0.05) is 5.71 Å². The zero-order valence-electron chi connectivity index (χ0n) is 6.61. The SMILES string of the molecule is CCC(C(=N)C[SH](=O)=O)C(=O)O. The Labute approximate surface area is 71.9 Å². The van der Waals surface area contributed by atoms with E-state index in [1.165, 1.54) is 0 Å². The van der Waals surface area contributed by atoms with Gasteiger partial charge in [0.15, 0.2) is 0 Å². The Morgan fingerprint density at radius 1 is 1.58 bits per heavy atom. The highest BCUT2D eigenvalue weighted by Gasteiger charge is 2.20. The summed E-state index contributed by atoms with van der Waals surface area (Å²) in [5, 5.41) is 15.7. The Hall–Kier alpha value is -0.910. The molecule has 0 aliphatic heterocycles. The molecule has 0 heterocycles. The number of hydrogen-bond acceptors (Lipinski definition) is 4. The van der Waals surface area contributed by atoms with Gasteiger partial charge < -0.3 is 10.5 Å². The third kappa shape index (κ3) is 3.47. The molecule has 12 heavy (non-hydrogen) atoms. The molecule has 6 heteroatoms.